The van der Waals surface area contributed by atoms with Gasteiger partial charge in [-0.25, -0.2) is 4.98 Å². The van der Waals surface area contributed by atoms with Crippen LogP contribution in [0.1, 0.15) is 18.2 Å². The van der Waals surface area contributed by atoms with E-state index in [9.17, 15) is 0 Å². The predicted molar refractivity (Wildman–Crippen MR) is 60.1 cm³/mol. The maximum atomic E-state index is 4.52. The van der Waals surface area contributed by atoms with E-state index in [2.05, 4.69) is 42.2 Å². The first-order valence-corrected chi connectivity index (χ1v) is 5.04. The van der Waals surface area contributed by atoms with Gasteiger partial charge < -0.3 is 10.2 Å². The zero-order chi connectivity index (χ0) is 10.3. The normalized spacial score (nSPS) is 20.3. The van der Waals surface area contributed by atoms with Gasteiger partial charge in [0.1, 0.15) is 5.82 Å². The first-order chi connectivity index (χ1) is 6.58. The third-order valence-electron chi connectivity index (χ3n) is 2.62. The molecule has 2 rings (SSSR count). The third-order valence-corrected chi connectivity index (χ3v) is 2.62. The van der Waals surface area contributed by atoms with Gasteiger partial charge in [0, 0.05) is 25.3 Å². The van der Waals surface area contributed by atoms with Crippen molar-refractivity contribution in [1.29, 1.82) is 0 Å². The molecule has 2 heterocycles. The van der Waals surface area contributed by atoms with Crippen molar-refractivity contribution >= 4 is 11.5 Å². The van der Waals surface area contributed by atoms with Crippen LogP contribution < -0.4 is 10.2 Å². The van der Waals surface area contributed by atoms with Crippen LogP contribution in [0.3, 0.4) is 0 Å². The second kappa shape index (κ2) is 3.15. The second-order valence-corrected chi connectivity index (χ2v) is 4.20. The molecule has 0 aromatic carbocycles. The van der Waals surface area contributed by atoms with Crippen molar-refractivity contribution < 1.29 is 0 Å². The van der Waals surface area contributed by atoms with E-state index in [0.29, 0.717) is 6.04 Å². The molecule has 3 nitrogen and oxygen atoms in total. The zero-order valence-corrected chi connectivity index (χ0v) is 9.26. The largest absolute Gasteiger partial charge is 0.369 e. The van der Waals surface area contributed by atoms with Crippen molar-refractivity contribution in [3.63, 3.8) is 0 Å². The van der Waals surface area contributed by atoms with Gasteiger partial charge in [-0.15, -0.1) is 0 Å². The SMILES string of the molecule is Cc1cc(C)c2c(n1)NC(C)CN2C. The summed E-state index contributed by atoms with van der Waals surface area (Å²) in [5.41, 5.74) is 3.62. The minimum atomic E-state index is 0.473. The Morgan fingerprint density at radius 2 is 2.21 bits per heavy atom. The molecule has 0 spiro atoms. The van der Waals surface area contributed by atoms with E-state index in [1.165, 1.54) is 11.3 Å². The topological polar surface area (TPSA) is 28.2 Å². The van der Waals surface area contributed by atoms with Gasteiger partial charge in [-0.2, -0.15) is 0 Å². The van der Waals surface area contributed by atoms with Gasteiger partial charge in [0.25, 0.3) is 0 Å². The number of aromatic nitrogens is 1. The molecule has 1 N–H and O–H groups in total. The van der Waals surface area contributed by atoms with Crippen molar-refractivity contribution in [3.05, 3.63) is 17.3 Å². The van der Waals surface area contributed by atoms with Crippen LogP contribution in [0.15, 0.2) is 6.07 Å². The summed E-state index contributed by atoms with van der Waals surface area (Å²) >= 11 is 0. The van der Waals surface area contributed by atoms with Gasteiger partial charge in [0.15, 0.2) is 0 Å². The molecule has 3 heteroatoms. The molecular weight excluding hydrogens is 174 g/mol. The number of hydrogen-bond donors (Lipinski definition) is 1. The average Bonchev–Trinajstić information content (AvgIpc) is 1.99. The maximum Gasteiger partial charge on any atom is 0.150 e. The summed E-state index contributed by atoms with van der Waals surface area (Å²) in [6.07, 6.45) is 0. The molecule has 0 saturated carbocycles. The monoisotopic (exact) mass is 191 g/mol. The number of fused-ring (bicyclic) bond motifs is 1. The second-order valence-electron chi connectivity index (χ2n) is 4.20. The summed E-state index contributed by atoms with van der Waals surface area (Å²) in [5, 5.41) is 3.42. The molecular formula is C11H17N3. The fourth-order valence-corrected chi connectivity index (χ4v) is 2.19. The number of nitrogens with zero attached hydrogens (tertiary/aromatic N) is 2. The molecule has 1 aliphatic heterocycles. The molecule has 0 saturated heterocycles. The Balaban J connectivity index is 2.53. The van der Waals surface area contributed by atoms with Crippen LogP contribution >= 0.6 is 0 Å². The number of likely N-dealkylation sites (N-methyl/N-ethyl adjacent to an activating group) is 1. The van der Waals surface area contributed by atoms with Gasteiger partial charge in [-0.05, 0) is 32.4 Å². The molecule has 1 aliphatic rings. The van der Waals surface area contributed by atoms with Gasteiger partial charge in [-0.3, -0.25) is 0 Å². The van der Waals surface area contributed by atoms with Crippen LogP contribution in [-0.4, -0.2) is 24.6 Å². The van der Waals surface area contributed by atoms with E-state index in [1.807, 2.05) is 6.92 Å². The molecule has 1 aromatic rings. The highest BCUT2D eigenvalue weighted by atomic mass is 15.2. The molecule has 1 aromatic heterocycles. The van der Waals surface area contributed by atoms with E-state index in [4.69, 9.17) is 0 Å². The summed E-state index contributed by atoms with van der Waals surface area (Å²) in [6, 6.07) is 2.61. The highest BCUT2D eigenvalue weighted by molar-refractivity contribution is 5.72. The maximum absolute atomic E-state index is 4.52. The van der Waals surface area contributed by atoms with Crippen LogP contribution in [0.2, 0.25) is 0 Å². The number of aryl methyl sites for hydroxylation is 2. The van der Waals surface area contributed by atoms with Gasteiger partial charge in [0.2, 0.25) is 0 Å². The minimum Gasteiger partial charge on any atom is -0.369 e. The molecule has 0 radical (unpaired) electrons. The van der Waals surface area contributed by atoms with Gasteiger partial charge in [0.05, 0.1) is 5.69 Å². The van der Waals surface area contributed by atoms with Crippen LogP contribution in [0.4, 0.5) is 11.5 Å². The van der Waals surface area contributed by atoms with E-state index in [1.54, 1.807) is 0 Å². The average molecular weight is 191 g/mol. The lowest BCUT2D eigenvalue weighted by atomic mass is 10.1. The molecule has 1 unspecified atom stereocenters. The van der Waals surface area contributed by atoms with Gasteiger partial charge in [-0.1, -0.05) is 0 Å². The fraction of sp³-hybridized carbons (Fsp3) is 0.545. The highest BCUT2D eigenvalue weighted by Gasteiger charge is 2.21. The molecule has 76 valence electrons. The molecule has 14 heavy (non-hydrogen) atoms. The van der Waals surface area contributed by atoms with Crippen LogP contribution in [0, 0.1) is 13.8 Å². The lowest BCUT2D eigenvalue weighted by Crippen LogP contribution is -2.38. The third kappa shape index (κ3) is 1.43. The number of hydrogen-bond acceptors (Lipinski definition) is 3. The molecule has 0 fully saturated rings. The van der Waals surface area contributed by atoms with Crippen LogP contribution in [0.25, 0.3) is 0 Å². The van der Waals surface area contributed by atoms with Crippen LogP contribution in [-0.2, 0) is 0 Å². The van der Waals surface area contributed by atoms with E-state index in [0.717, 1.165) is 18.1 Å². The van der Waals surface area contributed by atoms with E-state index in [-0.39, 0.29) is 0 Å². The number of anilines is 2. The highest BCUT2D eigenvalue weighted by Crippen LogP contribution is 2.31. The van der Waals surface area contributed by atoms with Crippen molar-refractivity contribution in [2.45, 2.75) is 26.8 Å². The lowest BCUT2D eigenvalue weighted by Gasteiger charge is -2.33. The van der Waals surface area contributed by atoms with E-state index >= 15 is 0 Å². The Morgan fingerprint density at radius 1 is 1.50 bits per heavy atom. The smallest absolute Gasteiger partial charge is 0.150 e. The Kier molecular flexibility index (Phi) is 2.10. The summed E-state index contributed by atoms with van der Waals surface area (Å²) in [7, 11) is 2.13. The zero-order valence-electron chi connectivity index (χ0n) is 9.26. The van der Waals surface area contributed by atoms with Crippen molar-refractivity contribution in [1.82, 2.24) is 4.98 Å². The van der Waals surface area contributed by atoms with Crippen molar-refractivity contribution in [2.24, 2.45) is 0 Å². The lowest BCUT2D eigenvalue weighted by molar-refractivity contribution is 0.727. The van der Waals surface area contributed by atoms with Crippen LogP contribution in [0.5, 0.6) is 0 Å². The standard InChI is InChI=1S/C11H17N3/c1-7-5-8(2)12-11-10(7)14(4)6-9(3)13-11/h5,9H,6H2,1-4H3,(H,12,13). The quantitative estimate of drug-likeness (QED) is 0.679. The Bertz CT molecular complexity index is 360. The number of pyridine rings is 1. The molecule has 1 atom stereocenters. The molecule has 0 amide bonds. The van der Waals surface area contributed by atoms with Gasteiger partial charge >= 0.3 is 0 Å². The summed E-state index contributed by atoms with van der Waals surface area (Å²) in [4.78, 5) is 6.80. The predicted octanol–water partition coefficient (Wildman–Crippen LogP) is 1.95. The van der Waals surface area contributed by atoms with E-state index < -0.39 is 0 Å². The number of rotatable bonds is 0. The minimum absolute atomic E-state index is 0.473. The Hall–Kier alpha value is -1.25. The van der Waals surface area contributed by atoms with Crippen molar-refractivity contribution in [2.75, 3.05) is 23.8 Å². The molecule has 0 aliphatic carbocycles. The first kappa shape index (κ1) is 9.31. The molecule has 0 bridgehead atoms. The first-order valence-electron chi connectivity index (χ1n) is 5.04. The van der Waals surface area contributed by atoms with Crippen molar-refractivity contribution in [3.8, 4) is 0 Å². The fourth-order valence-electron chi connectivity index (χ4n) is 2.19. The summed E-state index contributed by atoms with van der Waals surface area (Å²) < 4.78 is 0. The summed E-state index contributed by atoms with van der Waals surface area (Å²) in [5.74, 6) is 1.03. The summed E-state index contributed by atoms with van der Waals surface area (Å²) in [6.45, 7) is 7.40. The Labute approximate surface area is 85.1 Å². The Morgan fingerprint density at radius 3 is 2.93 bits per heavy atom. The number of nitrogens with one attached hydrogen (secondary N) is 1.